The molecule has 0 bridgehead atoms. The third-order valence-corrected chi connectivity index (χ3v) is 4.88. The lowest BCUT2D eigenvalue weighted by Crippen LogP contribution is -2.37. The number of thiophene rings is 1. The Bertz CT molecular complexity index is 636. The number of amides is 1. The molecule has 1 heterocycles. The van der Waals surface area contributed by atoms with Crippen molar-refractivity contribution in [1.82, 2.24) is 4.90 Å². The van der Waals surface area contributed by atoms with Gasteiger partial charge in [-0.3, -0.25) is 4.79 Å². The number of carbonyl (C=O) groups excluding carboxylic acids is 1. The van der Waals surface area contributed by atoms with E-state index in [1.54, 1.807) is 19.1 Å². The number of hydrogen-bond donors (Lipinski definition) is 1. The fraction of sp³-hybridized carbons (Fsp3) is 0.400. The number of hydrogen-bond acceptors (Lipinski definition) is 4. The van der Waals surface area contributed by atoms with Crippen LogP contribution in [0.1, 0.15) is 22.2 Å². The van der Waals surface area contributed by atoms with E-state index in [9.17, 15) is 4.79 Å². The molecule has 108 valence electrons. The third-order valence-electron chi connectivity index (χ3n) is 3.53. The number of likely N-dealkylation sites (N-methyl/N-ethyl adjacent to an activating group) is 1. The summed E-state index contributed by atoms with van der Waals surface area (Å²) in [7, 11) is 3.41. The van der Waals surface area contributed by atoms with Crippen LogP contribution in [0, 0.1) is 6.92 Å². The molecule has 0 aliphatic rings. The predicted molar refractivity (Wildman–Crippen MR) is 84.4 cm³/mol. The average molecular weight is 292 g/mol. The van der Waals surface area contributed by atoms with Crippen molar-refractivity contribution in [3.8, 4) is 0 Å². The summed E-state index contributed by atoms with van der Waals surface area (Å²) in [6, 6.07) is 5.97. The number of carbonyl (C=O) groups is 1. The zero-order valence-electron chi connectivity index (χ0n) is 12.3. The molecule has 4 nitrogen and oxygen atoms in total. The van der Waals surface area contributed by atoms with E-state index in [-0.39, 0.29) is 11.9 Å². The van der Waals surface area contributed by atoms with Gasteiger partial charge in [-0.1, -0.05) is 18.2 Å². The zero-order chi connectivity index (χ0) is 14.9. The molecule has 1 unspecified atom stereocenters. The molecule has 0 fully saturated rings. The summed E-state index contributed by atoms with van der Waals surface area (Å²) in [5, 5.41) is 0.964. The number of aryl methyl sites for hydroxylation is 1. The lowest BCUT2D eigenvalue weighted by molar-refractivity contribution is 0.0639. The number of rotatable bonds is 4. The van der Waals surface area contributed by atoms with Crippen LogP contribution < -0.4 is 5.73 Å². The number of nitrogens with two attached hydrogens (primary N) is 1. The molecule has 5 heteroatoms. The number of nitrogen functional groups attached to an aromatic ring is 1. The van der Waals surface area contributed by atoms with Crippen molar-refractivity contribution in [2.75, 3.05) is 26.5 Å². The highest BCUT2D eigenvalue weighted by molar-refractivity contribution is 7.21. The molecule has 1 atom stereocenters. The van der Waals surface area contributed by atoms with Gasteiger partial charge in [0, 0.05) is 24.2 Å². The van der Waals surface area contributed by atoms with Crippen LogP contribution >= 0.6 is 11.3 Å². The van der Waals surface area contributed by atoms with E-state index < -0.39 is 0 Å². The molecule has 2 rings (SSSR count). The molecule has 0 aliphatic carbocycles. The van der Waals surface area contributed by atoms with Crippen molar-refractivity contribution in [3.05, 3.63) is 28.6 Å². The van der Waals surface area contributed by atoms with E-state index in [1.165, 1.54) is 11.3 Å². The van der Waals surface area contributed by atoms with Crippen molar-refractivity contribution in [2.45, 2.75) is 19.9 Å². The van der Waals surface area contributed by atoms with Gasteiger partial charge in [-0.05, 0) is 19.4 Å². The van der Waals surface area contributed by atoms with Gasteiger partial charge in [0.25, 0.3) is 5.91 Å². The predicted octanol–water partition coefficient (Wildman–Crippen LogP) is 2.90. The molecule has 2 N–H and O–H groups in total. The van der Waals surface area contributed by atoms with Crippen molar-refractivity contribution >= 4 is 33.0 Å². The minimum absolute atomic E-state index is 0.0122. The van der Waals surface area contributed by atoms with Crippen LogP contribution in [0.5, 0.6) is 0 Å². The second-order valence-electron chi connectivity index (χ2n) is 5.02. The molecular formula is C15H20N2O2S. The van der Waals surface area contributed by atoms with Gasteiger partial charge in [-0.2, -0.15) is 0 Å². The van der Waals surface area contributed by atoms with Crippen LogP contribution in [0.15, 0.2) is 18.2 Å². The number of benzene rings is 1. The molecular weight excluding hydrogens is 272 g/mol. The second-order valence-corrected chi connectivity index (χ2v) is 6.04. The Morgan fingerprint density at radius 3 is 2.80 bits per heavy atom. The third kappa shape index (κ3) is 2.51. The molecule has 1 aromatic heterocycles. The number of ether oxygens (including phenoxy) is 1. The van der Waals surface area contributed by atoms with E-state index in [0.717, 1.165) is 15.6 Å². The Morgan fingerprint density at radius 1 is 1.50 bits per heavy atom. The van der Waals surface area contributed by atoms with Crippen molar-refractivity contribution in [3.63, 3.8) is 0 Å². The number of nitrogens with zero attached hydrogens (tertiary/aromatic N) is 1. The number of fused-ring (bicyclic) bond motifs is 1. The quantitative estimate of drug-likeness (QED) is 0.942. The first-order valence-electron chi connectivity index (χ1n) is 6.51. The van der Waals surface area contributed by atoms with Gasteiger partial charge in [0.2, 0.25) is 0 Å². The Balaban J connectivity index is 2.40. The molecule has 20 heavy (non-hydrogen) atoms. The maximum atomic E-state index is 12.6. The van der Waals surface area contributed by atoms with Gasteiger partial charge in [0.1, 0.15) is 4.88 Å². The van der Waals surface area contributed by atoms with Crippen LogP contribution in [0.3, 0.4) is 0 Å². The Labute approximate surface area is 123 Å². The van der Waals surface area contributed by atoms with Crippen LogP contribution in [-0.2, 0) is 4.74 Å². The van der Waals surface area contributed by atoms with Gasteiger partial charge in [-0.15, -0.1) is 11.3 Å². The van der Waals surface area contributed by atoms with Crippen molar-refractivity contribution < 1.29 is 9.53 Å². The summed E-state index contributed by atoms with van der Waals surface area (Å²) in [5.41, 5.74) is 7.88. The first-order valence-corrected chi connectivity index (χ1v) is 7.32. The average Bonchev–Trinajstić information content (AvgIpc) is 2.76. The molecule has 0 saturated carbocycles. The lowest BCUT2D eigenvalue weighted by atomic mass is 10.1. The van der Waals surface area contributed by atoms with Crippen molar-refractivity contribution in [1.29, 1.82) is 0 Å². The van der Waals surface area contributed by atoms with Gasteiger partial charge >= 0.3 is 0 Å². The minimum Gasteiger partial charge on any atom is -0.397 e. The summed E-state index contributed by atoms with van der Waals surface area (Å²) in [6.07, 6.45) is 0. The lowest BCUT2D eigenvalue weighted by Gasteiger charge is -2.23. The molecule has 0 saturated heterocycles. The molecule has 2 aromatic rings. The SMILES string of the molecule is COCC(C)N(C)C(=O)c1sc2c(C)cccc2c1N. The normalized spacial score (nSPS) is 12.6. The van der Waals surface area contributed by atoms with Gasteiger partial charge in [0.05, 0.1) is 18.3 Å². The monoisotopic (exact) mass is 292 g/mol. The molecule has 1 aromatic carbocycles. The van der Waals surface area contributed by atoms with Gasteiger partial charge in [0.15, 0.2) is 0 Å². The zero-order valence-corrected chi connectivity index (χ0v) is 13.1. The van der Waals surface area contributed by atoms with Crippen LogP contribution in [0.25, 0.3) is 10.1 Å². The van der Waals surface area contributed by atoms with E-state index in [0.29, 0.717) is 17.2 Å². The van der Waals surface area contributed by atoms with Gasteiger partial charge < -0.3 is 15.4 Å². The summed E-state index contributed by atoms with van der Waals surface area (Å²) < 4.78 is 6.18. The summed E-state index contributed by atoms with van der Waals surface area (Å²) in [5.74, 6) is -0.0485. The van der Waals surface area contributed by atoms with E-state index in [1.807, 2.05) is 32.0 Å². The van der Waals surface area contributed by atoms with Crippen LogP contribution in [0.4, 0.5) is 5.69 Å². The second kappa shape index (κ2) is 5.81. The highest BCUT2D eigenvalue weighted by atomic mass is 32.1. The van der Waals surface area contributed by atoms with Gasteiger partial charge in [-0.25, -0.2) is 0 Å². The highest BCUT2D eigenvalue weighted by Gasteiger charge is 2.23. The first-order chi connectivity index (χ1) is 9.47. The van der Waals surface area contributed by atoms with Crippen molar-refractivity contribution in [2.24, 2.45) is 0 Å². The topological polar surface area (TPSA) is 55.6 Å². The number of methoxy groups -OCH3 is 1. The maximum Gasteiger partial charge on any atom is 0.266 e. The summed E-state index contributed by atoms with van der Waals surface area (Å²) in [4.78, 5) is 14.9. The first kappa shape index (κ1) is 14.8. The molecule has 0 aliphatic heterocycles. The Hall–Kier alpha value is -1.59. The Kier molecular flexibility index (Phi) is 4.30. The summed E-state index contributed by atoms with van der Waals surface area (Å²) >= 11 is 1.47. The van der Waals surface area contributed by atoms with Crippen LogP contribution in [0.2, 0.25) is 0 Å². The van der Waals surface area contributed by atoms with Crippen LogP contribution in [-0.4, -0.2) is 37.6 Å². The smallest absolute Gasteiger partial charge is 0.266 e. The fourth-order valence-corrected chi connectivity index (χ4v) is 3.32. The molecule has 0 spiro atoms. The largest absolute Gasteiger partial charge is 0.397 e. The standard InChI is InChI=1S/C15H20N2O2S/c1-9-6-5-7-11-12(16)14(20-13(9)11)15(18)17(3)10(2)8-19-4/h5-7,10H,8,16H2,1-4H3. The minimum atomic E-state index is -0.0485. The summed E-state index contributed by atoms with van der Waals surface area (Å²) in [6.45, 7) is 4.49. The Morgan fingerprint density at radius 2 is 2.20 bits per heavy atom. The molecule has 0 radical (unpaired) electrons. The van der Waals surface area contributed by atoms with E-state index in [2.05, 4.69) is 0 Å². The maximum absolute atomic E-state index is 12.6. The number of anilines is 1. The highest BCUT2D eigenvalue weighted by Crippen LogP contribution is 2.36. The fourth-order valence-electron chi connectivity index (χ4n) is 2.15. The molecule has 1 amide bonds. The van der Waals surface area contributed by atoms with E-state index >= 15 is 0 Å². The van der Waals surface area contributed by atoms with E-state index in [4.69, 9.17) is 10.5 Å².